The molecule has 252 valence electrons. The fourth-order valence-corrected chi connectivity index (χ4v) is 8.75. The summed E-state index contributed by atoms with van der Waals surface area (Å²) in [6, 6.07) is 60.4. The molecule has 0 unspecified atom stereocenters. The Hall–Kier alpha value is -6.44. The molecule has 0 saturated heterocycles. The smallest absolute Gasteiger partial charge is 0.0543 e. The summed E-state index contributed by atoms with van der Waals surface area (Å²) >= 11 is 0. The van der Waals surface area contributed by atoms with Crippen LogP contribution >= 0.6 is 0 Å². The number of hydrogen-bond acceptors (Lipinski definition) is 1. The quantitative estimate of drug-likeness (QED) is 0.164. The van der Waals surface area contributed by atoms with Gasteiger partial charge in [-0.3, -0.25) is 0 Å². The van der Waals surface area contributed by atoms with Crippen LogP contribution in [0.5, 0.6) is 0 Å². The molecule has 0 spiro atoms. The molecule has 0 N–H and O–H groups in total. The van der Waals surface area contributed by atoms with Crippen LogP contribution in [0.15, 0.2) is 194 Å². The lowest BCUT2D eigenvalue weighted by molar-refractivity contribution is 0.654. The van der Waals surface area contributed by atoms with Crippen LogP contribution in [-0.4, -0.2) is 0 Å². The molecule has 0 aliphatic heterocycles. The van der Waals surface area contributed by atoms with Gasteiger partial charge in [-0.2, -0.15) is 0 Å². The molecule has 0 bridgehead atoms. The molecule has 8 aromatic rings. The van der Waals surface area contributed by atoms with Crippen molar-refractivity contribution < 1.29 is 0 Å². The summed E-state index contributed by atoms with van der Waals surface area (Å²) < 4.78 is 0. The SMILES string of the molecule is CC1(C)C2=C(C=CCC=C2)c2c(N(c3ccc(-c4ccc5ccccc5c4)cc3)c3ccc(-c4cc5ccccc5c5ccccc45)cc3)cccc21. The van der Waals surface area contributed by atoms with Crippen LogP contribution in [0.1, 0.15) is 31.4 Å². The fraction of sp³-hybridized carbons (Fsp3) is 0.0769. The zero-order valence-corrected chi connectivity index (χ0v) is 30.1. The first-order valence-corrected chi connectivity index (χ1v) is 18.7. The Morgan fingerprint density at radius 2 is 1.09 bits per heavy atom. The molecule has 2 aliphatic carbocycles. The van der Waals surface area contributed by atoms with Gasteiger partial charge in [0.25, 0.3) is 0 Å². The number of hydrogen-bond donors (Lipinski definition) is 0. The summed E-state index contributed by atoms with van der Waals surface area (Å²) in [7, 11) is 0. The highest BCUT2D eigenvalue weighted by atomic mass is 15.1. The Balaban J connectivity index is 1.13. The van der Waals surface area contributed by atoms with Gasteiger partial charge >= 0.3 is 0 Å². The van der Waals surface area contributed by atoms with E-state index >= 15 is 0 Å². The van der Waals surface area contributed by atoms with E-state index in [1.165, 1.54) is 82.5 Å². The third-order valence-corrected chi connectivity index (χ3v) is 11.4. The molecule has 2 aliphatic rings. The highest BCUT2D eigenvalue weighted by molar-refractivity contribution is 6.13. The normalized spacial score (nSPS) is 14.5. The van der Waals surface area contributed by atoms with Crippen LogP contribution in [0.4, 0.5) is 17.1 Å². The van der Waals surface area contributed by atoms with E-state index in [4.69, 9.17) is 0 Å². The Labute approximate surface area is 311 Å². The van der Waals surface area contributed by atoms with Gasteiger partial charge < -0.3 is 4.90 Å². The van der Waals surface area contributed by atoms with Crippen LogP contribution in [0.2, 0.25) is 0 Å². The minimum absolute atomic E-state index is 0.0987. The average Bonchev–Trinajstić information content (AvgIpc) is 3.34. The van der Waals surface area contributed by atoms with Crippen molar-refractivity contribution in [2.75, 3.05) is 4.90 Å². The molecule has 0 aromatic heterocycles. The van der Waals surface area contributed by atoms with Gasteiger partial charge in [-0.05, 0) is 120 Å². The molecule has 0 amide bonds. The van der Waals surface area contributed by atoms with Crippen LogP contribution in [-0.2, 0) is 5.41 Å². The summed E-state index contributed by atoms with van der Waals surface area (Å²) in [4.78, 5) is 2.46. The second-order valence-corrected chi connectivity index (χ2v) is 14.9. The molecular formula is C52H39N. The average molecular weight is 678 g/mol. The molecule has 0 heterocycles. The van der Waals surface area contributed by atoms with Gasteiger partial charge in [0.15, 0.2) is 0 Å². The summed E-state index contributed by atoms with van der Waals surface area (Å²) in [6.45, 7) is 4.74. The number of allylic oxidation sites excluding steroid dienone is 6. The van der Waals surface area contributed by atoms with Gasteiger partial charge in [-0.25, -0.2) is 0 Å². The molecule has 0 fully saturated rings. The molecule has 0 atom stereocenters. The summed E-state index contributed by atoms with van der Waals surface area (Å²) in [5.41, 5.74) is 13.7. The highest BCUT2D eigenvalue weighted by Gasteiger charge is 2.38. The molecule has 8 aromatic carbocycles. The molecule has 0 saturated carbocycles. The Bertz CT molecular complexity index is 2810. The zero-order valence-electron chi connectivity index (χ0n) is 30.1. The second-order valence-electron chi connectivity index (χ2n) is 14.9. The van der Waals surface area contributed by atoms with E-state index in [9.17, 15) is 0 Å². The van der Waals surface area contributed by atoms with E-state index in [-0.39, 0.29) is 5.41 Å². The lowest BCUT2D eigenvalue weighted by Crippen LogP contribution is -2.17. The lowest BCUT2D eigenvalue weighted by Gasteiger charge is -2.29. The predicted octanol–water partition coefficient (Wildman–Crippen LogP) is 14.5. The summed E-state index contributed by atoms with van der Waals surface area (Å²) in [5, 5.41) is 7.63. The minimum Gasteiger partial charge on any atom is -0.310 e. The van der Waals surface area contributed by atoms with Gasteiger partial charge in [-0.1, -0.05) is 159 Å². The molecular weight excluding hydrogens is 639 g/mol. The second kappa shape index (κ2) is 12.4. The van der Waals surface area contributed by atoms with E-state index in [1.54, 1.807) is 0 Å². The third-order valence-electron chi connectivity index (χ3n) is 11.4. The lowest BCUT2D eigenvalue weighted by atomic mass is 9.81. The van der Waals surface area contributed by atoms with Crippen LogP contribution in [0.25, 0.3) is 60.1 Å². The maximum absolute atomic E-state index is 2.46. The Kier molecular flexibility index (Phi) is 7.30. The van der Waals surface area contributed by atoms with Gasteiger partial charge in [0.05, 0.1) is 5.69 Å². The van der Waals surface area contributed by atoms with Gasteiger partial charge in [0, 0.05) is 22.4 Å². The number of rotatable bonds is 5. The highest BCUT2D eigenvalue weighted by Crippen LogP contribution is 2.53. The van der Waals surface area contributed by atoms with E-state index in [0.29, 0.717) is 0 Å². The monoisotopic (exact) mass is 677 g/mol. The van der Waals surface area contributed by atoms with E-state index in [0.717, 1.165) is 17.8 Å². The maximum atomic E-state index is 2.46. The zero-order chi connectivity index (χ0) is 35.5. The molecule has 53 heavy (non-hydrogen) atoms. The number of benzene rings is 8. The van der Waals surface area contributed by atoms with Crippen molar-refractivity contribution in [3.8, 4) is 22.3 Å². The first kappa shape index (κ1) is 31.3. The standard InChI is InChI=1S/C52H39N/c1-52(2)48-20-5-3-4-19-46(48)51-49(52)21-12-22-50(51)53(41-29-25-36(26-30-41)39-24-23-35-13-6-7-14-38(35)33-39)42-31-27-37(28-32-42)47-34-40-15-8-9-16-43(40)44-17-10-11-18-45(44)47/h4-34H,3H2,1-2H3. The van der Waals surface area contributed by atoms with Crippen LogP contribution < -0.4 is 4.90 Å². The van der Waals surface area contributed by atoms with Crippen molar-refractivity contribution in [3.63, 3.8) is 0 Å². The van der Waals surface area contributed by atoms with Crippen molar-refractivity contribution in [1.29, 1.82) is 0 Å². The fourth-order valence-electron chi connectivity index (χ4n) is 8.75. The van der Waals surface area contributed by atoms with E-state index in [1.807, 2.05) is 0 Å². The van der Waals surface area contributed by atoms with Gasteiger partial charge in [0.1, 0.15) is 0 Å². The number of nitrogens with zero attached hydrogens (tertiary/aromatic N) is 1. The Morgan fingerprint density at radius 3 is 1.87 bits per heavy atom. The van der Waals surface area contributed by atoms with Gasteiger partial charge in [-0.15, -0.1) is 0 Å². The molecule has 0 radical (unpaired) electrons. The van der Waals surface area contributed by atoms with Gasteiger partial charge in [0.2, 0.25) is 0 Å². The van der Waals surface area contributed by atoms with Crippen molar-refractivity contribution in [2.24, 2.45) is 0 Å². The van der Waals surface area contributed by atoms with Crippen LogP contribution in [0.3, 0.4) is 0 Å². The Morgan fingerprint density at radius 1 is 0.472 bits per heavy atom. The summed E-state index contributed by atoms with van der Waals surface area (Å²) in [6.07, 6.45) is 10.2. The molecule has 1 heteroatoms. The third kappa shape index (κ3) is 5.15. The van der Waals surface area contributed by atoms with Crippen LogP contribution in [0, 0.1) is 0 Å². The van der Waals surface area contributed by atoms with Crippen molar-refractivity contribution >= 4 is 55.0 Å². The van der Waals surface area contributed by atoms with Crippen molar-refractivity contribution in [1.82, 2.24) is 0 Å². The van der Waals surface area contributed by atoms with Crippen molar-refractivity contribution in [2.45, 2.75) is 25.7 Å². The molecule has 10 rings (SSSR count). The van der Waals surface area contributed by atoms with E-state index in [2.05, 4.69) is 207 Å². The summed E-state index contributed by atoms with van der Waals surface area (Å²) in [5.74, 6) is 0. The van der Waals surface area contributed by atoms with Crippen molar-refractivity contribution in [3.05, 3.63) is 205 Å². The molecule has 1 nitrogen and oxygen atoms in total. The number of anilines is 3. The van der Waals surface area contributed by atoms with E-state index < -0.39 is 0 Å². The largest absolute Gasteiger partial charge is 0.310 e. The predicted molar refractivity (Wildman–Crippen MR) is 227 cm³/mol. The minimum atomic E-state index is -0.0987. The maximum Gasteiger partial charge on any atom is 0.0543 e. The first-order chi connectivity index (χ1) is 26.0. The topological polar surface area (TPSA) is 3.24 Å². The first-order valence-electron chi connectivity index (χ1n) is 18.7. The number of fused-ring (bicyclic) bond motifs is 6.